The molecule has 8 heteroatoms. The average molecular weight is 547 g/mol. The number of nitrogens with one attached hydrogen (secondary N) is 1. The molecule has 6 nitrogen and oxygen atoms in total. The van der Waals surface area contributed by atoms with E-state index in [4.69, 9.17) is 10.00 Å². The lowest BCUT2D eigenvalue weighted by molar-refractivity contribution is 0.155. The van der Waals surface area contributed by atoms with Gasteiger partial charge in [0.25, 0.3) is 0 Å². The molecule has 1 N–H and O–H groups in total. The molecule has 0 saturated heterocycles. The number of hydrogen-bond donors (Lipinski definition) is 1. The van der Waals surface area contributed by atoms with Crippen molar-refractivity contribution in [2.24, 2.45) is 0 Å². The zero-order valence-electron chi connectivity index (χ0n) is 18.7. The van der Waals surface area contributed by atoms with Gasteiger partial charge >= 0.3 is 0 Å². The first-order valence-electron chi connectivity index (χ1n) is 10.4. The second-order valence-corrected chi connectivity index (χ2v) is 8.74. The maximum atomic E-state index is 13.9. The summed E-state index contributed by atoms with van der Waals surface area (Å²) >= 11 is 2.15. The number of halogens is 2. The van der Waals surface area contributed by atoms with Gasteiger partial charge in [-0.1, -0.05) is 22.6 Å². The molecule has 32 heavy (non-hydrogen) atoms. The molecule has 0 atom stereocenters. The summed E-state index contributed by atoms with van der Waals surface area (Å²) in [6.07, 6.45) is 1.95. The zero-order chi connectivity index (χ0) is 23.3. The number of anilines is 2. The summed E-state index contributed by atoms with van der Waals surface area (Å²) in [4.78, 5) is 11.0. The van der Waals surface area contributed by atoms with Gasteiger partial charge in [-0.05, 0) is 57.6 Å². The van der Waals surface area contributed by atoms with Crippen LogP contribution in [0.2, 0.25) is 0 Å². The number of aromatic nitrogens is 2. The average Bonchev–Trinajstić information content (AvgIpc) is 2.78. The quantitative estimate of drug-likeness (QED) is 0.265. The van der Waals surface area contributed by atoms with Crippen molar-refractivity contribution in [3.8, 4) is 11.8 Å². The Hall–Kier alpha value is -2.51. The minimum atomic E-state index is -0.396. The largest absolute Gasteiger partial charge is 0.493 e. The van der Waals surface area contributed by atoms with Crippen LogP contribution in [0, 0.1) is 17.1 Å². The van der Waals surface area contributed by atoms with Crippen LogP contribution >= 0.6 is 22.6 Å². The first-order valence-corrected chi connectivity index (χ1v) is 12.0. The summed E-state index contributed by atoms with van der Waals surface area (Å²) < 4.78 is 20.5. The molecule has 0 aliphatic carbocycles. The van der Waals surface area contributed by atoms with Crippen LogP contribution < -0.4 is 10.1 Å². The van der Waals surface area contributed by atoms with E-state index in [0.29, 0.717) is 35.4 Å². The highest BCUT2D eigenvalue weighted by molar-refractivity contribution is 14.1. The topological polar surface area (TPSA) is 74.1 Å². The lowest BCUT2D eigenvalue weighted by atomic mass is 9.90. The van der Waals surface area contributed by atoms with Gasteiger partial charge in [-0.3, -0.25) is 4.90 Å². The van der Waals surface area contributed by atoms with Crippen molar-refractivity contribution in [1.29, 1.82) is 5.26 Å². The Morgan fingerprint density at radius 2 is 2.03 bits per heavy atom. The van der Waals surface area contributed by atoms with Gasteiger partial charge in [0.05, 0.1) is 18.2 Å². The van der Waals surface area contributed by atoms with Crippen molar-refractivity contribution in [3.05, 3.63) is 53.6 Å². The Labute approximate surface area is 202 Å². The summed E-state index contributed by atoms with van der Waals surface area (Å²) in [7, 11) is 2.00. The van der Waals surface area contributed by atoms with E-state index in [9.17, 15) is 4.39 Å². The van der Waals surface area contributed by atoms with E-state index in [-0.39, 0.29) is 5.82 Å². The fourth-order valence-electron chi connectivity index (χ4n) is 3.53. The first-order chi connectivity index (χ1) is 15.3. The Balaban J connectivity index is 2.11. The third kappa shape index (κ3) is 5.10. The van der Waals surface area contributed by atoms with E-state index >= 15 is 0 Å². The van der Waals surface area contributed by atoms with Crippen LogP contribution in [-0.2, 0) is 9.97 Å². The van der Waals surface area contributed by atoms with Crippen LogP contribution in [0.3, 0.4) is 0 Å². The lowest BCUT2D eigenvalue weighted by Gasteiger charge is -2.37. The molecule has 168 valence electrons. The highest BCUT2D eigenvalue weighted by atomic mass is 127. The molecule has 0 aliphatic heterocycles. The molecule has 2 aromatic carbocycles. The van der Waals surface area contributed by atoms with Gasteiger partial charge in [0.2, 0.25) is 0 Å². The first kappa shape index (κ1) is 24.1. The van der Waals surface area contributed by atoms with Crippen molar-refractivity contribution in [1.82, 2.24) is 14.9 Å². The summed E-state index contributed by atoms with van der Waals surface area (Å²) in [5.41, 5.74) is 2.73. The molecule has 3 aromatic rings. The number of nitriles is 1. The molecule has 0 spiro atoms. The summed E-state index contributed by atoms with van der Waals surface area (Å²) in [6, 6.07) is 11.2. The number of fused-ring (bicyclic) bond motifs is 1. The molecule has 3 rings (SSSR count). The van der Waals surface area contributed by atoms with Gasteiger partial charge in [0.1, 0.15) is 23.7 Å². The van der Waals surface area contributed by atoms with E-state index in [1.165, 1.54) is 12.4 Å². The fourth-order valence-corrected chi connectivity index (χ4v) is 4.12. The van der Waals surface area contributed by atoms with Gasteiger partial charge < -0.3 is 10.1 Å². The SMILES string of the molecule is CCOc1cc2ncnc(Nc3ccc(F)c(CI)c3)c2cc1C(C)(C)N(C)CCC#N. The Morgan fingerprint density at radius 1 is 1.25 bits per heavy atom. The number of alkyl halides is 1. The van der Waals surface area contributed by atoms with Gasteiger partial charge in [0.15, 0.2) is 0 Å². The number of benzene rings is 2. The van der Waals surface area contributed by atoms with Crippen molar-refractivity contribution in [2.75, 3.05) is 25.5 Å². The summed E-state index contributed by atoms with van der Waals surface area (Å²) in [5, 5.41) is 13.2. The molecule has 0 radical (unpaired) electrons. The maximum Gasteiger partial charge on any atom is 0.141 e. The van der Waals surface area contributed by atoms with Crippen LogP contribution in [0.25, 0.3) is 10.9 Å². The van der Waals surface area contributed by atoms with Gasteiger partial charge in [-0.2, -0.15) is 5.26 Å². The molecular weight excluding hydrogens is 520 g/mol. The summed E-state index contributed by atoms with van der Waals surface area (Å²) in [6.45, 7) is 7.33. The van der Waals surface area contributed by atoms with Crippen LogP contribution in [0.5, 0.6) is 5.75 Å². The third-order valence-corrected chi connectivity index (χ3v) is 6.48. The van der Waals surface area contributed by atoms with Crippen molar-refractivity contribution < 1.29 is 9.13 Å². The third-order valence-electron chi connectivity index (χ3n) is 5.66. The van der Waals surface area contributed by atoms with Crippen LogP contribution in [0.1, 0.15) is 38.3 Å². The minimum absolute atomic E-state index is 0.219. The zero-order valence-corrected chi connectivity index (χ0v) is 20.9. The summed E-state index contributed by atoms with van der Waals surface area (Å²) in [5.74, 6) is 1.18. The normalized spacial score (nSPS) is 11.6. The van der Waals surface area contributed by atoms with Gasteiger partial charge in [0, 0.05) is 45.6 Å². The molecule has 0 saturated carbocycles. The molecule has 0 amide bonds. The fraction of sp³-hybridized carbons (Fsp3) is 0.375. The molecule has 0 bridgehead atoms. The van der Waals surface area contributed by atoms with Crippen molar-refractivity contribution >= 4 is 45.0 Å². The Bertz CT molecular complexity index is 1150. The van der Waals surface area contributed by atoms with Crippen LogP contribution in [0.15, 0.2) is 36.7 Å². The number of hydrogen-bond acceptors (Lipinski definition) is 6. The number of rotatable bonds is 9. The molecule has 1 aromatic heterocycles. The van der Waals surface area contributed by atoms with Crippen LogP contribution in [0.4, 0.5) is 15.9 Å². The Kier molecular flexibility index (Phi) is 7.85. The van der Waals surface area contributed by atoms with E-state index in [1.54, 1.807) is 12.1 Å². The smallest absolute Gasteiger partial charge is 0.141 e. The van der Waals surface area contributed by atoms with Gasteiger partial charge in [-0.25, -0.2) is 14.4 Å². The highest BCUT2D eigenvalue weighted by Crippen LogP contribution is 2.38. The van der Waals surface area contributed by atoms with E-state index in [2.05, 4.69) is 62.7 Å². The molecular formula is C24H27FIN5O. The molecule has 0 fully saturated rings. The molecule has 0 unspecified atom stereocenters. The van der Waals surface area contributed by atoms with Crippen molar-refractivity contribution in [2.45, 2.75) is 37.2 Å². The maximum absolute atomic E-state index is 13.9. The van der Waals surface area contributed by atoms with E-state index in [0.717, 1.165) is 27.9 Å². The highest BCUT2D eigenvalue weighted by Gasteiger charge is 2.30. The molecule has 0 aliphatic rings. The van der Waals surface area contributed by atoms with Crippen LogP contribution in [-0.4, -0.2) is 35.1 Å². The predicted octanol–water partition coefficient (Wildman–Crippen LogP) is 5.93. The Morgan fingerprint density at radius 3 is 2.72 bits per heavy atom. The number of ether oxygens (including phenoxy) is 1. The second kappa shape index (κ2) is 10.4. The second-order valence-electron chi connectivity index (χ2n) is 7.97. The van der Waals surface area contributed by atoms with E-state index in [1.807, 2.05) is 26.1 Å². The standard InChI is InChI=1S/C24H27FIN5O/c1-5-32-22-13-21-18(12-19(22)24(2,3)31(4)10-6-9-27)23(29-15-28-21)30-17-7-8-20(25)16(11-17)14-26/h7-8,11-13,15H,5-6,10,14H2,1-4H3,(H,28,29,30). The predicted molar refractivity (Wildman–Crippen MR) is 134 cm³/mol. The van der Waals surface area contributed by atoms with Crippen molar-refractivity contribution in [3.63, 3.8) is 0 Å². The van der Waals surface area contributed by atoms with E-state index < -0.39 is 5.54 Å². The van der Waals surface area contributed by atoms with Gasteiger partial charge in [-0.15, -0.1) is 0 Å². The number of nitrogens with zero attached hydrogens (tertiary/aromatic N) is 4. The minimum Gasteiger partial charge on any atom is -0.493 e. The molecule has 1 heterocycles. The lowest BCUT2D eigenvalue weighted by Crippen LogP contribution is -2.39. The monoisotopic (exact) mass is 547 g/mol.